The van der Waals surface area contributed by atoms with Gasteiger partial charge in [0.05, 0.1) is 4.90 Å². The number of aryl methyl sites for hydroxylation is 1. The lowest BCUT2D eigenvalue weighted by molar-refractivity contribution is 0.0827. The number of nitrogens with zero attached hydrogens (tertiary/aromatic N) is 3. The van der Waals surface area contributed by atoms with E-state index in [0.717, 1.165) is 9.54 Å². The SMILES string of the molecule is Cc1ccc(S(=O)(=O)n2cc(-c3ccc(C(=O)N(C)C)cc3)c3cc(B(O)O)cnc32)cc1. The lowest BCUT2D eigenvalue weighted by atomic mass is 9.81. The van der Waals surface area contributed by atoms with Gasteiger partial charge in [0.25, 0.3) is 15.9 Å². The van der Waals surface area contributed by atoms with E-state index >= 15 is 0 Å². The summed E-state index contributed by atoms with van der Waals surface area (Å²) in [5, 5.41) is 19.7. The largest absolute Gasteiger partial charge is 0.490 e. The van der Waals surface area contributed by atoms with Gasteiger partial charge in [-0.2, -0.15) is 0 Å². The molecule has 0 fully saturated rings. The van der Waals surface area contributed by atoms with Crippen LogP contribution in [0.3, 0.4) is 0 Å². The zero-order valence-corrected chi connectivity index (χ0v) is 19.1. The average molecular weight is 463 g/mol. The molecule has 2 aromatic carbocycles. The number of carbonyl (C=O) groups excluding carboxylic acids is 1. The number of rotatable bonds is 5. The fourth-order valence-corrected chi connectivity index (χ4v) is 4.85. The van der Waals surface area contributed by atoms with Crippen LogP contribution in [0.2, 0.25) is 0 Å². The maximum absolute atomic E-state index is 13.4. The second kappa shape index (κ2) is 8.47. The summed E-state index contributed by atoms with van der Waals surface area (Å²) >= 11 is 0. The van der Waals surface area contributed by atoms with Crippen molar-refractivity contribution in [3.05, 3.63) is 78.1 Å². The number of aromatic nitrogens is 2. The van der Waals surface area contributed by atoms with Gasteiger partial charge in [-0.05, 0) is 42.8 Å². The first-order valence-corrected chi connectivity index (χ1v) is 11.5. The number of fused-ring (bicyclic) bond motifs is 1. The predicted molar refractivity (Wildman–Crippen MR) is 127 cm³/mol. The second-order valence-corrected chi connectivity index (χ2v) is 9.76. The van der Waals surface area contributed by atoms with Crippen LogP contribution in [-0.4, -0.2) is 59.4 Å². The molecule has 2 heterocycles. The van der Waals surface area contributed by atoms with Gasteiger partial charge in [0.2, 0.25) is 0 Å². The molecule has 0 unspecified atom stereocenters. The first kappa shape index (κ1) is 22.7. The summed E-state index contributed by atoms with van der Waals surface area (Å²) in [6, 6.07) is 14.8. The van der Waals surface area contributed by atoms with Crippen LogP contribution in [0.5, 0.6) is 0 Å². The third-order valence-corrected chi connectivity index (χ3v) is 7.02. The molecule has 4 rings (SSSR count). The van der Waals surface area contributed by atoms with Gasteiger partial charge >= 0.3 is 7.12 Å². The molecular formula is C23H22BN3O5S. The zero-order valence-electron chi connectivity index (χ0n) is 18.3. The van der Waals surface area contributed by atoms with Gasteiger partial charge in [-0.1, -0.05) is 29.8 Å². The summed E-state index contributed by atoms with van der Waals surface area (Å²) in [5.41, 5.74) is 2.89. The van der Waals surface area contributed by atoms with Crippen LogP contribution >= 0.6 is 0 Å². The van der Waals surface area contributed by atoms with E-state index < -0.39 is 17.1 Å². The number of pyridine rings is 1. The first-order chi connectivity index (χ1) is 15.6. The summed E-state index contributed by atoms with van der Waals surface area (Å²) in [5.74, 6) is -0.154. The summed E-state index contributed by atoms with van der Waals surface area (Å²) in [6.07, 6.45) is 2.69. The molecule has 0 aliphatic heterocycles. The van der Waals surface area contributed by atoms with E-state index in [1.807, 2.05) is 6.92 Å². The zero-order chi connectivity index (χ0) is 23.9. The standard InChI is InChI=1S/C23H22BN3O5S/c1-15-4-10-19(11-5-15)33(31,32)27-14-21(20-12-18(24(29)30)13-25-22(20)27)16-6-8-17(9-7-16)23(28)26(2)3/h4-14,29-30H,1-3H3. The average Bonchev–Trinajstić information content (AvgIpc) is 3.18. The summed E-state index contributed by atoms with van der Waals surface area (Å²) < 4.78 is 27.9. The van der Waals surface area contributed by atoms with Crippen molar-refractivity contribution in [3.63, 3.8) is 0 Å². The number of hydrogen-bond acceptors (Lipinski definition) is 6. The molecule has 0 atom stereocenters. The van der Waals surface area contributed by atoms with Crippen molar-refractivity contribution >= 4 is 39.5 Å². The Labute approximate surface area is 191 Å². The van der Waals surface area contributed by atoms with Crippen LogP contribution in [-0.2, 0) is 10.0 Å². The van der Waals surface area contributed by atoms with E-state index in [2.05, 4.69) is 4.98 Å². The summed E-state index contributed by atoms with van der Waals surface area (Å²) in [6.45, 7) is 1.87. The summed E-state index contributed by atoms with van der Waals surface area (Å²) in [4.78, 5) is 18.0. The highest BCUT2D eigenvalue weighted by Gasteiger charge is 2.24. The molecule has 8 nitrogen and oxygen atoms in total. The third kappa shape index (κ3) is 4.16. The van der Waals surface area contributed by atoms with Gasteiger partial charge in [-0.3, -0.25) is 4.79 Å². The van der Waals surface area contributed by atoms with Crippen LogP contribution in [0.1, 0.15) is 15.9 Å². The Morgan fingerprint density at radius 3 is 2.24 bits per heavy atom. The molecule has 0 bridgehead atoms. The fraction of sp³-hybridized carbons (Fsp3) is 0.130. The Balaban J connectivity index is 1.92. The Bertz CT molecular complexity index is 1440. The Kier molecular flexibility index (Phi) is 5.83. The second-order valence-electron chi connectivity index (χ2n) is 7.95. The highest BCUT2D eigenvalue weighted by atomic mass is 32.2. The summed E-state index contributed by atoms with van der Waals surface area (Å²) in [7, 11) is -2.40. The molecule has 33 heavy (non-hydrogen) atoms. The number of benzene rings is 2. The normalized spacial score (nSPS) is 11.5. The van der Waals surface area contributed by atoms with Gasteiger partial charge < -0.3 is 14.9 Å². The lowest BCUT2D eigenvalue weighted by Gasteiger charge is -2.10. The minimum absolute atomic E-state index is 0.108. The predicted octanol–water partition coefficient (Wildman–Crippen LogP) is 1.63. The van der Waals surface area contributed by atoms with Crippen LogP contribution in [0.15, 0.2) is 71.9 Å². The van der Waals surface area contributed by atoms with Gasteiger partial charge in [0, 0.05) is 48.5 Å². The van der Waals surface area contributed by atoms with Gasteiger partial charge in [0.15, 0.2) is 5.65 Å². The molecule has 0 saturated heterocycles. The highest BCUT2D eigenvalue weighted by Crippen LogP contribution is 2.32. The first-order valence-electron chi connectivity index (χ1n) is 10.1. The van der Waals surface area contributed by atoms with Crippen molar-refractivity contribution < 1.29 is 23.3 Å². The van der Waals surface area contributed by atoms with E-state index in [9.17, 15) is 23.3 Å². The van der Waals surface area contributed by atoms with Crippen molar-refractivity contribution in [2.24, 2.45) is 0 Å². The van der Waals surface area contributed by atoms with Crippen molar-refractivity contribution in [1.29, 1.82) is 0 Å². The molecule has 10 heteroatoms. The molecular weight excluding hydrogens is 441 g/mol. The van der Waals surface area contributed by atoms with E-state index in [-0.39, 0.29) is 21.9 Å². The van der Waals surface area contributed by atoms with Crippen LogP contribution in [0.4, 0.5) is 0 Å². The van der Waals surface area contributed by atoms with Crippen LogP contribution < -0.4 is 5.46 Å². The van der Waals surface area contributed by atoms with Crippen molar-refractivity contribution in [1.82, 2.24) is 13.9 Å². The fourth-order valence-electron chi connectivity index (χ4n) is 3.52. The Morgan fingerprint density at radius 1 is 1.03 bits per heavy atom. The van der Waals surface area contributed by atoms with E-state index in [0.29, 0.717) is 22.1 Å². The monoisotopic (exact) mass is 463 g/mol. The Hall–Kier alpha value is -3.47. The molecule has 1 amide bonds. The molecule has 0 aliphatic rings. The van der Waals surface area contributed by atoms with Gasteiger partial charge in [-0.15, -0.1) is 0 Å². The molecule has 0 radical (unpaired) electrons. The Morgan fingerprint density at radius 2 is 1.67 bits per heavy atom. The van der Waals surface area contributed by atoms with Crippen LogP contribution in [0, 0.1) is 6.92 Å². The topological polar surface area (TPSA) is 113 Å². The maximum Gasteiger partial charge on any atom is 0.490 e. The lowest BCUT2D eigenvalue weighted by Crippen LogP contribution is -2.30. The van der Waals surface area contributed by atoms with Gasteiger partial charge in [0.1, 0.15) is 0 Å². The van der Waals surface area contributed by atoms with Crippen LogP contribution in [0.25, 0.3) is 22.2 Å². The smallest absolute Gasteiger partial charge is 0.423 e. The van der Waals surface area contributed by atoms with Crippen molar-refractivity contribution in [2.75, 3.05) is 14.1 Å². The number of carbonyl (C=O) groups is 1. The molecule has 0 aliphatic carbocycles. The minimum Gasteiger partial charge on any atom is -0.423 e. The molecule has 4 aromatic rings. The van der Waals surface area contributed by atoms with Gasteiger partial charge in [-0.25, -0.2) is 17.4 Å². The van der Waals surface area contributed by atoms with E-state index in [1.54, 1.807) is 50.5 Å². The molecule has 0 spiro atoms. The molecule has 168 valence electrons. The third-order valence-electron chi connectivity index (χ3n) is 5.36. The molecule has 2 N–H and O–H groups in total. The van der Waals surface area contributed by atoms with E-state index in [4.69, 9.17) is 0 Å². The van der Waals surface area contributed by atoms with Crippen molar-refractivity contribution in [2.45, 2.75) is 11.8 Å². The quantitative estimate of drug-likeness (QED) is 0.435. The molecule has 0 saturated carbocycles. The highest BCUT2D eigenvalue weighted by molar-refractivity contribution is 7.90. The van der Waals surface area contributed by atoms with Crippen molar-refractivity contribution in [3.8, 4) is 11.1 Å². The van der Waals surface area contributed by atoms with E-state index in [1.165, 1.54) is 35.5 Å². The molecule has 2 aromatic heterocycles. The number of amides is 1. The minimum atomic E-state index is -3.97. The number of hydrogen-bond donors (Lipinski definition) is 2. The maximum atomic E-state index is 13.4.